The molecule has 2 aromatic carbocycles. The van der Waals surface area contributed by atoms with Crippen LogP contribution in [-0.2, 0) is 24.3 Å². The fourth-order valence-corrected chi connectivity index (χ4v) is 4.63. The van der Waals surface area contributed by atoms with Gasteiger partial charge in [0.1, 0.15) is 0 Å². The van der Waals surface area contributed by atoms with Crippen molar-refractivity contribution in [3.05, 3.63) is 59.2 Å². The number of hydrogen-bond acceptors (Lipinski definition) is 5. The molecule has 2 aliphatic rings. The minimum absolute atomic E-state index is 0.130. The quantitative estimate of drug-likeness (QED) is 0.742. The lowest BCUT2D eigenvalue weighted by molar-refractivity contribution is -0.123. The van der Waals surface area contributed by atoms with Gasteiger partial charge in [-0.2, -0.15) is 0 Å². The van der Waals surface area contributed by atoms with Gasteiger partial charge in [-0.1, -0.05) is 30.3 Å². The van der Waals surface area contributed by atoms with Crippen LogP contribution in [0.5, 0.6) is 11.5 Å². The Kier molecular flexibility index (Phi) is 7.10. The van der Waals surface area contributed by atoms with Crippen molar-refractivity contribution < 1.29 is 14.3 Å². The van der Waals surface area contributed by atoms with E-state index in [1.165, 1.54) is 16.7 Å². The van der Waals surface area contributed by atoms with E-state index in [-0.39, 0.29) is 11.9 Å². The van der Waals surface area contributed by atoms with Crippen LogP contribution in [0, 0.1) is 0 Å². The van der Waals surface area contributed by atoms with Crippen molar-refractivity contribution in [3.8, 4) is 11.5 Å². The van der Waals surface area contributed by atoms with Crippen LogP contribution in [0.15, 0.2) is 42.5 Å². The zero-order valence-electron chi connectivity index (χ0n) is 18.6. The standard InChI is InChI=1S/C25H33N3O3/c1-30-23-14-20-8-11-28(17-21(20)15-24(23)31-2)18-25(29)26-22-9-12-27(13-10-22)16-19-6-4-3-5-7-19/h3-7,14-15,22H,8-13,16-18H2,1-2H3,(H,26,29). The smallest absolute Gasteiger partial charge is 0.234 e. The lowest BCUT2D eigenvalue weighted by atomic mass is 9.98. The molecule has 0 spiro atoms. The molecule has 2 aromatic rings. The van der Waals surface area contributed by atoms with E-state index >= 15 is 0 Å². The first-order valence-electron chi connectivity index (χ1n) is 11.2. The van der Waals surface area contributed by atoms with Crippen molar-refractivity contribution in [3.63, 3.8) is 0 Å². The van der Waals surface area contributed by atoms with Gasteiger partial charge in [0.25, 0.3) is 0 Å². The summed E-state index contributed by atoms with van der Waals surface area (Å²) in [4.78, 5) is 17.4. The summed E-state index contributed by atoms with van der Waals surface area (Å²) in [6.45, 7) is 5.13. The van der Waals surface area contributed by atoms with Crippen molar-refractivity contribution >= 4 is 5.91 Å². The van der Waals surface area contributed by atoms with Crippen LogP contribution < -0.4 is 14.8 Å². The maximum absolute atomic E-state index is 12.7. The number of likely N-dealkylation sites (tertiary alicyclic amines) is 1. The van der Waals surface area contributed by atoms with E-state index < -0.39 is 0 Å². The number of carbonyl (C=O) groups is 1. The molecule has 2 aliphatic heterocycles. The first kappa shape index (κ1) is 21.7. The first-order valence-corrected chi connectivity index (χ1v) is 11.2. The molecule has 1 saturated heterocycles. The maximum Gasteiger partial charge on any atom is 0.234 e. The summed E-state index contributed by atoms with van der Waals surface area (Å²) in [5, 5.41) is 3.26. The first-order chi connectivity index (χ1) is 15.1. The Morgan fingerprint density at radius 1 is 0.968 bits per heavy atom. The predicted octanol–water partition coefficient (Wildman–Crippen LogP) is 2.84. The van der Waals surface area contributed by atoms with Crippen LogP contribution in [0.2, 0.25) is 0 Å². The molecule has 0 saturated carbocycles. The lowest BCUT2D eigenvalue weighted by Crippen LogP contribution is -2.47. The molecule has 1 N–H and O–H groups in total. The van der Waals surface area contributed by atoms with E-state index in [1.54, 1.807) is 14.2 Å². The molecule has 1 fully saturated rings. The zero-order valence-corrected chi connectivity index (χ0v) is 18.6. The van der Waals surface area contributed by atoms with Crippen LogP contribution in [0.3, 0.4) is 0 Å². The highest BCUT2D eigenvalue weighted by Crippen LogP contribution is 2.33. The third-order valence-corrected chi connectivity index (χ3v) is 6.37. The average Bonchev–Trinajstić information content (AvgIpc) is 2.80. The Bertz CT molecular complexity index is 879. The number of piperidine rings is 1. The number of methoxy groups -OCH3 is 2. The Morgan fingerprint density at radius 2 is 1.65 bits per heavy atom. The van der Waals surface area contributed by atoms with Gasteiger partial charge in [-0.05, 0) is 48.1 Å². The summed E-state index contributed by atoms with van der Waals surface area (Å²) >= 11 is 0. The summed E-state index contributed by atoms with van der Waals surface area (Å²) in [5.74, 6) is 1.64. The molecule has 6 heteroatoms. The van der Waals surface area contributed by atoms with Crippen molar-refractivity contribution in [2.45, 2.75) is 38.4 Å². The highest BCUT2D eigenvalue weighted by molar-refractivity contribution is 5.78. The Morgan fingerprint density at radius 3 is 2.32 bits per heavy atom. The molecule has 0 bridgehead atoms. The molecule has 1 amide bonds. The molecule has 2 heterocycles. The fourth-order valence-electron chi connectivity index (χ4n) is 4.63. The van der Waals surface area contributed by atoms with E-state index in [1.807, 2.05) is 6.07 Å². The second-order valence-corrected chi connectivity index (χ2v) is 8.54. The zero-order chi connectivity index (χ0) is 21.6. The third kappa shape index (κ3) is 5.57. The number of fused-ring (bicyclic) bond motifs is 1. The van der Waals surface area contributed by atoms with E-state index in [9.17, 15) is 4.79 Å². The van der Waals surface area contributed by atoms with Gasteiger partial charge in [0.15, 0.2) is 11.5 Å². The topological polar surface area (TPSA) is 54.0 Å². The number of nitrogens with one attached hydrogen (secondary N) is 1. The number of ether oxygens (including phenoxy) is 2. The van der Waals surface area contributed by atoms with Crippen LogP contribution in [-0.4, -0.2) is 62.1 Å². The summed E-state index contributed by atoms with van der Waals surface area (Å²) in [5.41, 5.74) is 3.84. The molecule has 6 nitrogen and oxygen atoms in total. The molecule has 0 aromatic heterocycles. The molecule has 0 atom stereocenters. The molecule has 31 heavy (non-hydrogen) atoms. The summed E-state index contributed by atoms with van der Waals surface area (Å²) in [6, 6.07) is 15.0. The minimum atomic E-state index is 0.130. The van der Waals surface area contributed by atoms with Crippen LogP contribution in [0.1, 0.15) is 29.5 Å². The molecule has 4 rings (SSSR count). The molecular formula is C25H33N3O3. The van der Waals surface area contributed by atoms with Gasteiger partial charge >= 0.3 is 0 Å². The number of rotatable bonds is 7. The van der Waals surface area contributed by atoms with E-state index in [0.29, 0.717) is 6.54 Å². The van der Waals surface area contributed by atoms with E-state index in [0.717, 1.165) is 63.5 Å². The molecular weight excluding hydrogens is 390 g/mol. The monoisotopic (exact) mass is 423 g/mol. The van der Waals surface area contributed by atoms with Gasteiger partial charge in [-0.3, -0.25) is 14.6 Å². The Hall–Kier alpha value is -2.57. The number of amides is 1. The van der Waals surface area contributed by atoms with Crippen LogP contribution >= 0.6 is 0 Å². The number of hydrogen-bond donors (Lipinski definition) is 1. The van der Waals surface area contributed by atoms with Crippen molar-refractivity contribution in [2.75, 3.05) is 40.4 Å². The molecule has 0 unspecified atom stereocenters. The van der Waals surface area contributed by atoms with Crippen LogP contribution in [0.25, 0.3) is 0 Å². The largest absolute Gasteiger partial charge is 0.493 e. The Balaban J connectivity index is 1.24. The van der Waals surface area contributed by atoms with Gasteiger partial charge < -0.3 is 14.8 Å². The SMILES string of the molecule is COc1cc2c(cc1OC)CN(CC(=O)NC1CCN(Cc3ccccc3)CC1)CC2. The van der Waals surface area contributed by atoms with Gasteiger partial charge in [-0.15, -0.1) is 0 Å². The van der Waals surface area contributed by atoms with E-state index in [4.69, 9.17) is 9.47 Å². The number of nitrogens with zero attached hydrogens (tertiary/aromatic N) is 2. The van der Waals surface area contributed by atoms with Crippen molar-refractivity contribution in [1.29, 1.82) is 0 Å². The molecule has 0 aliphatic carbocycles. The highest BCUT2D eigenvalue weighted by atomic mass is 16.5. The second-order valence-electron chi connectivity index (χ2n) is 8.54. The van der Waals surface area contributed by atoms with Gasteiger partial charge in [0, 0.05) is 38.8 Å². The van der Waals surface area contributed by atoms with E-state index in [2.05, 4.69) is 51.5 Å². The highest BCUT2D eigenvalue weighted by Gasteiger charge is 2.24. The molecule has 0 radical (unpaired) electrons. The third-order valence-electron chi connectivity index (χ3n) is 6.37. The Labute approximate surface area is 185 Å². The average molecular weight is 424 g/mol. The minimum Gasteiger partial charge on any atom is -0.493 e. The van der Waals surface area contributed by atoms with Crippen molar-refractivity contribution in [1.82, 2.24) is 15.1 Å². The summed E-state index contributed by atoms with van der Waals surface area (Å²) in [7, 11) is 3.32. The van der Waals surface area contributed by atoms with Gasteiger partial charge in [0.2, 0.25) is 5.91 Å². The summed E-state index contributed by atoms with van der Waals surface area (Å²) in [6.07, 6.45) is 2.94. The second kappa shape index (κ2) is 10.2. The van der Waals surface area contributed by atoms with Gasteiger partial charge in [0.05, 0.1) is 20.8 Å². The number of carbonyl (C=O) groups excluding carboxylic acids is 1. The lowest BCUT2D eigenvalue weighted by Gasteiger charge is -2.33. The van der Waals surface area contributed by atoms with Gasteiger partial charge in [-0.25, -0.2) is 0 Å². The predicted molar refractivity (Wildman–Crippen MR) is 121 cm³/mol. The normalized spacial score (nSPS) is 17.7. The maximum atomic E-state index is 12.7. The van der Waals surface area contributed by atoms with Crippen molar-refractivity contribution in [2.24, 2.45) is 0 Å². The van der Waals surface area contributed by atoms with Crippen LogP contribution in [0.4, 0.5) is 0 Å². The fraction of sp³-hybridized carbons (Fsp3) is 0.480. The molecule has 166 valence electrons. The summed E-state index contributed by atoms with van der Waals surface area (Å²) < 4.78 is 10.9. The number of benzene rings is 2.